The number of benzene rings is 2. The van der Waals surface area contributed by atoms with Gasteiger partial charge in [0.2, 0.25) is 11.8 Å². The van der Waals surface area contributed by atoms with Gasteiger partial charge in [0.1, 0.15) is 17.4 Å². The lowest BCUT2D eigenvalue weighted by Crippen LogP contribution is -2.57. The van der Waals surface area contributed by atoms with E-state index >= 15 is 0 Å². The lowest BCUT2D eigenvalue weighted by Gasteiger charge is -2.39. The summed E-state index contributed by atoms with van der Waals surface area (Å²) in [7, 11) is 3.27. The van der Waals surface area contributed by atoms with Crippen LogP contribution in [0.4, 0.5) is 5.69 Å². The molecule has 5 rings (SSSR count). The molecule has 0 radical (unpaired) electrons. The lowest BCUT2D eigenvalue weighted by molar-refractivity contribution is -0.153. The van der Waals surface area contributed by atoms with Gasteiger partial charge >= 0.3 is 0 Å². The highest BCUT2D eigenvalue weighted by atomic mass is 16.5. The second-order valence-electron chi connectivity index (χ2n) is 11.6. The zero-order chi connectivity index (χ0) is 30.9. The van der Waals surface area contributed by atoms with E-state index in [1.807, 2.05) is 37.3 Å². The molecule has 3 heterocycles. The summed E-state index contributed by atoms with van der Waals surface area (Å²) in [6.07, 6.45) is 4.79. The van der Waals surface area contributed by atoms with E-state index in [2.05, 4.69) is 13.2 Å². The Morgan fingerprint density at radius 2 is 1.77 bits per heavy atom. The molecule has 3 amide bonds. The van der Waals surface area contributed by atoms with Gasteiger partial charge in [-0.1, -0.05) is 49.4 Å². The van der Waals surface area contributed by atoms with Gasteiger partial charge < -0.3 is 29.3 Å². The van der Waals surface area contributed by atoms with Crippen LogP contribution in [-0.2, 0) is 19.1 Å². The summed E-state index contributed by atoms with van der Waals surface area (Å²) in [5, 5.41) is 10.8. The number of anilines is 1. The monoisotopic (exact) mass is 587 g/mol. The molecule has 43 heavy (non-hydrogen) atoms. The summed E-state index contributed by atoms with van der Waals surface area (Å²) >= 11 is 0. The van der Waals surface area contributed by atoms with E-state index < -0.39 is 41.7 Å². The summed E-state index contributed by atoms with van der Waals surface area (Å²) in [5.74, 6) is -1.91. The van der Waals surface area contributed by atoms with Crippen LogP contribution < -0.4 is 9.64 Å². The molecule has 2 aromatic carbocycles. The van der Waals surface area contributed by atoms with Gasteiger partial charge in [0, 0.05) is 25.8 Å². The minimum Gasteiger partial charge on any atom is -0.497 e. The van der Waals surface area contributed by atoms with Crippen molar-refractivity contribution in [2.24, 2.45) is 11.8 Å². The van der Waals surface area contributed by atoms with Crippen molar-refractivity contribution in [3.8, 4) is 5.75 Å². The Morgan fingerprint density at radius 1 is 1.09 bits per heavy atom. The average molecular weight is 588 g/mol. The molecule has 2 bridgehead atoms. The third-order valence-electron chi connectivity index (χ3n) is 9.55. The largest absolute Gasteiger partial charge is 0.497 e. The van der Waals surface area contributed by atoms with Crippen LogP contribution in [0.3, 0.4) is 0 Å². The van der Waals surface area contributed by atoms with Crippen LogP contribution in [0, 0.1) is 11.8 Å². The fraction of sp³-hybridized carbons (Fsp3) is 0.441. The molecule has 0 aliphatic carbocycles. The number of nitrogens with zero attached hydrogens (tertiary/aromatic N) is 3. The molecule has 2 unspecified atom stereocenters. The maximum Gasteiger partial charge on any atom is 0.253 e. The number of carbonyl (C=O) groups excluding carboxylic acids is 3. The number of methoxy groups -OCH3 is 1. The lowest BCUT2D eigenvalue weighted by atomic mass is 9.64. The molecule has 0 aromatic heterocycles. The summed E-state index contributed by atoms with van der Waals surface area (Å²) in [5.41, 5.74) is -0.816. The van der Waals surface area contributed by atoms with Crippen molar-refractivity contribution in [1.29, 1.82) is 0 Å². The van der Waals surface area contributed by atoms with Crippen LogP contribution in [0.1, 0.15) is 37.8 Å². The van der Waals surface area contributed by atoms with Crippen molar-refractivity contribution in [2.45, 2.75) is 49.5 Å². The van der Waals surface area contributed by atoms with Crippen molar-refractivity contribution < 1.29 is 29.0 Å². The molecule has 9 nitrogen and oxygen atoms in total. The first-order valence-electron chi connectivity index (χ1n) is 14.8. The molecule has 3 saturated heterocycles. The second kappa shape index (κ2) is 12.0. The van der Waals surface area contributed by atoms with Crippen LogP contribution in [0.5, 0.6) is 5.75 Å². The number of carbonyl (C=O) groups is 3. The Bertz CT molecular complexity index is 1380. The Morgan fingerprint density at radius 3 is 2.35 bits per heavy atom. The normalized spacial score (nSPS) is 27.9. The number of aliphatic hydroxyl groups is 1. The van der Waals surface area contributed by atoms with Gasteiger partial charge in [0.15, 0.2) is 0 Å². The van der Waals surface area contributed by atoms with Crippen molar-refractivity contribution in [2.75, 3.05) is 38.8 Å². The number of likely N-dealkylation sites (tertiary alicyclic amines) is 1. The van der Waals surface area contributed by atoms with Gasteiger partial charge in [0.05, 0.1) is 37.2 Å². The van der Waals surface area contributed by atoms with Crippen LogP contribution in [0.2, 0.25) is 0 Å². The molecule has 9 heteroatoms. The van der Waals surface area contributed by atoms with Crippen LogP contribution in [0.15, 0.2) is 79.9 Å². The number of likely N-dealkylation sites (N-methyl/N-ethyl adjacent to an activating group) is 1. The topological polar surface area (TPSA) is 99.6 Å². The van der Waals surface area contributed by atoms with Gasteiger partial charge in [-0.15, -0.1) is 13.2 Å². The van der Waals surface area contributed by atoms with E-state index in [4.69, 9.17) is 9.47 Å². The third kappa shape index (κ3) is 4.75. The van der Waals surface area contributed by atoms with Gasteiger partial charge in [-0.2, -0.15) is 0 Å². The molecular formula is C34H41N3O6. The van der Waals surface area contributed by atoms with E-state index in [0.717, 1.165) is 0 Å². The summed E-state index contributed by atoms with van der Waals surface area (Å²) in [6.45, 7) is 9.72. The first-order chi connectivity index (χ1) is 20.7. The molecule has 1 N–H and O–H groups in total. The number of hydrogen-bond acceptors (Lipinski definition) is 6. The highest BCUT2D eigenvalue weighted by molar-refractivity contribution is 6.05. The predicted molar refractivity (Wildman–Crippen MR) is 163 cm³/mol. The molecular weight excluding hydrogens is 546 g/mol. The smallest absolute Gasteiger partial charge is 0.253 e. The van der Waals surface area contributed by atoms with Crippen molar-refractivity contribution >= 4 is 23.4 Å². The second-order valence-corrected chi connectivity index (χ2v) is 11.6. The third-order valence-corrected chi connectivity index (χ3v) is 9.55. The zero-order valence-electron chi connectivity index (χ0n) is 25.1. The van der Waals surface area contributed by atoms with Crippen molar-refractivity contribution in [3.63, 3.8) is 0 Å². The van der Waals surface area contributed by atoms with E-state index in [0.29, 0.717) is 42.8 Å². The average Bonchev–Trinajstić information content (AvgIpc) is 3.64. The molecule has 3 aliphatic rings. The predicted octanol–water partition coefficient (Wildman–Crippen LogP) is 3.75. The maximum atomic E-state index is 14.9. The molecule has 0 saturated carbocycles. The van der Waals surface area contributed by atoms with Gasteiger partial charge in [-0.3, -0.25) is 14.4 Å². The Hall–Kier alpha value is -3.95. The Labute approximate surface area is 253 Å². The van der Waals surface area contributed by atoms with Gasteiger partial charge in [0.25, 0.3) is 5.91 Å². The fourth-order valence-corrected chi connectivity index (χ4v) is 7.56. The Balaban J connectivity index is 1.67. The van der Waals surface area contributed by atoms with Crippen LogP contribution in [-0.4, -0.2) is 83.7 Å². The zero-order valence-corrected chi connectivity index (χ0v) is 25.1. The molecule has 1 spiro atoms. The van der Waals surface area contributed by atoms with E-state index in [9.17, 15) is 19.5 Å². The van der Waals surface area contributed by atoms with Crippen molar-refractivity contribution in [1.82, 2.24) is 9.80 Å². The number of hydrogen-bond donors (Lipinski definition) is 1. The quantitative estimate of drug-likeness (QED) is 0.380. The number of amides is 3. The fourth-order valence-electron chi connectivity index (χ4n) is 7.56. The first-order valence-corrected chi connectivity index (χ1v) is 14.8. The molecule has 6 atom stereocenters. The number of fused-ring (bicyclic) bond motifs is 1. The van der Waals surface area contributed by atoms with Crippen molar-refractivity contribution in [3.05, 3.63) is 85.5 Å². The standard InChI is InChI=1S/C34H41N3O6/c1-6-20-35(4)30(39)27-28-31(40)37(26(22-38)23-12-10-9-11-13-23)29(34(28)19-18-33(27,8-3)43-34)32(41)36(21-7-2)24-14-16-25(42-5)17-15-24/h6-7,9-17,26-29,38H,1-2,8,18-22H2,3-5H3/t26-,27+,28+,29?,33-,34?/m1/s1. The highest BCUT2D eigenvalue weighted by Gasteiger charge is 2.79. The summed E-state index contributed by atoms with van der Waals surface area (Å²) in [4.78, 5) is 48.4. The minimum atomic E-state index is -1.24. The molecule has 228 valence electrons. The first kappa shape index (κ1) is 30.5. The number of ether oxygens (including phenoxy) is 2. The van der Waals surface area contributed by atoms with Gasteiger partial charge in [-0.05, 0) is 49.1 Å². The minimum absolute atomic E-state index is 0.183. The van der Waals surface area contributed by atoms with E-state index in [-0.39, 0.29) is 24.3 Å². The number of aliphatic hydroxyl groups excluding tert-OH is 1. The van der Waals surface area contributed by atoms with Crippen LogP contribution in [0.25, 0.3) is 0 Å². The number of rotatable bonds is 12. The molecule has 2 aromatic rings. The molecule has 3 aliphatic heterocycles. The highest BCUT2D eigenvalue weighted by Crippen LogP contribution is 2.65. The van der Waals surface area contributed by atoms with Crippen LogP contribution >= 0.6 is 0 Å². The van der Waals surface area contributed by atoms with E-state index in [1.165, 1.54) is 4.90 Å². The SMILES string of the molecule is C=CCN(C)C(=O)[C@@H]1[C@H]2C(=O)N([C@H](CO)c3ccccc3)C(C(=O)N(CC=C)c3ccc(OC)cc3)C23CC[C@@]1(CC)O3. The van der Waals surface area contributed by atoms with Gasteiger partial charge in [-0.25, -0.2) is 0 Å². The summed E-state index contributed by atoms with van der Waals surface area (Å²) in [6, 6.07) is 14.4. The maximum absolute atomic E-state index is 14.9. The Kier molecular flexibility index (Phi) is 8.49. The molecule has 3 fully saturated rings. The summed E-state index contributed by atoms with van der Waals surface area (Å²) < 4.78 is 12.3. The van der Waals surface area contributed by atoms with E-state index in [1.54, 1.807) is 60.4 Å².